The molecule has 0 aliphatic heterocycles. The second-order valence-electron chi connectivity index (χ2n) is 3.07. The van der Waals surface area contributed by atoms with E-state index in [0.29, 0.717) is 11.1 Å². The third-order valence-electron chi connectivity index (χ3n) is 2.16. The summed E-state index contributed by atoms with van der Waals surface area (Å²) >= 11 is 0. The van der Waals surface area contributed by atoms with Gasteiger partial charge >= 0.3 is 0 Å². The Bertz CT molecular complexity index is 482. The molecule has 2 rings (SSSR count). The van der Waals surface area contributed by atoms with Crippen LogP contribution in [0, 0.1) is 0 Å². The van der Waals surface area contributed by atoms with E-state index in [1.807, 2.05) is 0 Å². The maximum Gasteiger partial charge on any atom is 0.163 e. The molecule has 0 fully saturated rings. The maximum atomic E-state index is 11.2. The molecular formula is C11H10O3. The fraction of sp³-hybridized carbons (Fsp3) is 0.182. The highest BCUT2D eigenvalue weighted by Gasteiger charge is 2.10. The van der Waals surface area contributed by atoms with Crippen LogP contribution >= 0.6 is 0 Å². The summed E-state index contributed by atoms with van der Waals surface area (Å²) in [6.07, 6.45) is 1.48. The van der Waals surface area contributed by atoms with E-state index < -0.39 is 0 Å². The Morgan fingerprint density at radius 2 is 2.21 bits per heavy atom. The van der Waals surface area contributed by atoms with Crippen LogP contribution in [-0.2, 0) is 0 Å². The standard InChI is InChI=1S/C11H10O3/c1-7(12)10-6-14-11-4-3-8(13-2)5-9(10)11/h3-6H,1-2H3. The first-order valence-corrected chi connectivity index (χ1v) is 4.28. The summed E-state index contributed by atoms with van der Waals surface area (Å²) in [5.74, 6) is 0.721. The number of hydrogen-bond donors (Lipinski definition) is 0. The monoisotopic (exact) mass is 190 g/mol. The first-order valence-electron chi connectivity index (χ1n) is 4.28. The fourth-order valence-corrected chi connectivity index (χ4v) is 1.41. The number of rotatable bonds is 2. The largest absolute Gasteiger partial charge is 0.497 e. The van der Waals surface area contributed by atoms with Gasteiger partial charge < -0.3 is 9.15 Å². The maximum absolute atomic E-state index is 11.2. The highest BCUT2D eigenvalue weighted by molar-refractivity contribution is 6.06. The van der Waals surface area contributed by atoms with Gasteiger partial charge in [0.05, 0.1) is 12.7 Å². The highest BCUT2D eigenvalue weighted by atomic mass is 16.5. The highest BCUT2D eigenvalue weighted by Crippen LogP contribution is 2.25. The van der Waals surface area contributed by atoms with Crippen LogP contribution < -0.4 is 4.74 Å². The lowest BCUT2D eigenvalue weighted by atomic mass is 10.1. The molecule has 0 saturated heterocycles. The normalized spacial score (nSPS) is 10.4. The Labute approximate surface area is 81.3 Å². The summed E-state index contributed by atoms with van der Waals surface area (Å²) in [4.78, 5) is 11.2. The molecule has 0 radical (unpaired) electrons. The van der Waals surface area contributed by atoms with Gasteiger partial charge in [-0.3, -0.25) is 4.79 Å². The van der Waals surface area contributed by atoms with Crippen LogP contribution in [0.2, 0.25) is 0 Å². The molecule has 0 unspecified atom stereocenters. The van der Waals surface area contributed by atoms with Crippen molar-refractivity contribution in [3.05, 3.63) is 30.0 Å². The van der Waals surface area contributed by atoms with E-state index in [1.54, 1.807) is 25.3 Å². The molecule has 1 aromatic carbocycles. The Hall–Kier alpha value is -1.77. The van der Waals surface area contributed by atoms with Crippen LogP contribution in [0.5, 0.6) is 5.75 Å². The molecule has 0 N–H and O–H groups in total. The van der Waals surface area contributed by atoms with Gasteiger partial charge in [0.1, 0.15) is 17.6 Å². The zero-order valence-electron chi connectivity index (χ0n) is 8.03. The lowest BCUT2D eigenvalue weighted by molar-refractivity contribution is 0.101. The lowest BCUT2D eigenvalue weighted by Crippen LogP contribution is -1.89. The number of ether oxygens (including phenoxy) is 1. The quantitative estimate of drug-likeness (QED) is 0.683. The molecule has 0 saturated carbocycles. The van der Waals surface area contributed by atoms with Crippen molar-refractivity contribution in [1.82, 2.24) is 0 Å². The summed E-state index contributed by atoms with van der Waals surface area (Å²) in [6, 6.07) is 5.39. The smallest absolute Gasteiger partial charge is 0.163 e. The van der Waals surface area contributed by atoms with E-state index in [-0.39, 0.29) is 5.78 Å². The molecule has 72 valence electrons. The van der Waals surface area contributed by atoms with Crippen molar-refractivity contribution in [3.8, 4) is 5.75 Å². The Morgan fingerprint density at radius 3 is 2.86 bits per heavy atom. The number of furan rings is 1. The number of benzene rings is 1. The van der Waals surface area contributed by atoms with Gasteiger partial charge in [0.2, 0.25) is 0 Å². The molecule has 1 aromatic heterocycles. The Morgan fingerprint density at radius 1 is 1.43 bits per heavy atom. The number of ketones is 1. The van der Waals surface area contributed by atoms with E-state index in [0.717, 1.165) is 11.1 Å². The molecule has 0 atom stereocenters. The number of methoxy groups -OCH3 is 1. The van der Waals surface area contributed by atoms with Crippen molar-refractivity contribution in [2.24, 2.45) is 0 Å². The van der Waals surface area contributed by atoms with Crippen LogP contribution in [0.15, 0.2) is 28.9 Å². The van der Waals surface area contributed by atoms with Crippen molar-refractivity contribution >= 4 is 16.8 Å². The SMILES string of the molecule is COc1ccc2occ(C(C)=O)c2c1. The van der Waals surface area contributed by atoms with Crippen LogP contribution in [0.1, 0.15) is 17.3 Å². The van der Waals surface area contributed by atoms with Crippen LogP contribution in [0.4, 0.5) is 0 Å². The van der Waals surface area contributed by atoms with Crippen molar-refractivity contribution in [3.63, 3.8) is 0 Å². The number of carbonyl (C=O) groups excluding carboxylic acids is 1. The number of Topliss-reactive ketones (excluding diaryl/α,β-unsaturated/α-hetero) is 1. The van der Waals surface area contributed by atoms with Gasteiger partial charge in [-0.05, 0) is 25.1 Å². The Kier molecular flexibility index (Phi) is 2.00. The summed E-state index contributed by atoms with van der Waals surface area (Å²) < 4.78 is 10.3. The van der Waals surface area contributed by atoms with Crippen molar-refractivity contribution < 1.29 is 13.9 Å². The van der Waals surface area contributed by atoms with Gasteiger partial charge in [-0.25, -0.2) is 0 Å². The third kappa shape index (κ3) is 1.27. The topological polar surface area (TPSA) is 39.4 Å². The average molecular weight is 190 g/mol. The minimum absolute atomic E-state index is 0.00277. The predicted octanol–water partition coefficient (Wildman–Crippen LogP) is 2.64. The number of carbonyl (C=O) groups is 1. The van der Waals surface area contributed by atoms with Gasteiger partial charge in [-0.2, -0.15) is 0 Å². The second-order valence-corrected chi connectivity index (χ2v) is 3.07. The molecule has 3 nitrogen and oxygen atoms in total. The van der Waals surface area contributed by atoms with Crippen LogP contribution in [-0.4, -0.2) is 12.9 Å². The van der Waals surface area contributed by atoms with Gasteiger partial charge in [0.25, 0.3) is 0 Å². The summed E-state index contributed by atoms with van der Waals surface area (Å²) in [6.45, 7) is 1.52. The predicted molar refractivity (Wildman–Crippen MR) is 52.8 cm³/mol. The van der Waals surface area contributed by atoms with Crippen LogP contribution in [0.25, 0.3) is 11.0 Å². The van der Waals surface area contributed by atoms with Gasteiger partial charge in [0, 0.05) is 5.39 Å². The van der Waals surface area contributed by atoms with E-state index in [9.17, 15) is 4.79 Å². The van der Waals surface area contributed by atoms with Crippen LogP contribution in [0.3, 0.4) is 0 Å². The average Bonchev–Trinajstić information content (AvgIpc) is 2.59. The fourth-order valence-electron chi connectivity index (χ4n) is 1.41. The molecular weight excluding hydrogens is 180 g/mol. The molecule has 1 heterocycles. The molecule has 14 heavy (non-hydrogen) atoms. The molecule has 0 aliphatic carbocycles. The molecule has 0 aliphatic rings. The van der Waals surface area contributed by atoms with Gasteiger partial charge in [-0.1, -0.05) is 0 Å². The summed E-state index contributed by atoms with van der Waals surface area (Å²) in [5.41, 5.74) is 1.30. The molecule has 0 bridgehead atoms. The van der Waals surface area contributed by atoms with Gasteiger partial charge in [-0.15, -0.1) is 0 Å². The second kappa shape index (κ2) is 3.18. The first-order chi connectivity index (χ1) is 6.72. The van der Waals surface area contributed by atoms with E-state index in [1.165, 1.54) is 13.2 Å². The summed E-state index contributed by atoms with van der Waals surface area (Å²) in [7, 11) is 1.59. The number of hydrogen-bond acceptors (Lipinski definition) is 3. The Balaban J connectivity index is 2.69. The lowest BCUT2D eigenvalue weighted by Gasteiger charge is -1.98. The molecule has 0 spiro atoms. The van der Waals surface area contributed by atoms with Gasteiger partial charge in [0.15, 0.2) is 5.78 Å². The van der Waals surface area contributed by atoms with Crippen molar-refractivity contribution in [2.45, 2.75) is 6.92 Å². The minimum atomic E-state index is -0.00277. The third-order valence-corrected chi connectivity index (χ3v) is 2.16. The first kappa shape index (κ1) is 8.81. The zero-order chi connectivity index (χ0) is 10.1. The number of fused-ring (bicyclic) bond motifs is 1. The van der Waals surface area contributed by atoms with Crippen molar-refractivity contribution in [2.75, 3.05) is 7.11 Å². The zero-order valence-corrected chi connectivity index (χ0v) is 8.03. The van der Waals surface area contributed by atoms with Crippen molar-refractivity contribution in [1.29, 1.82) is 0 Å². The minimum Gasteiger partial charge on any atom is -0.497 e. The van der Waals surface area contributed by atoms with E-state index in [2.05, 4.69) is 0 Å². The van der Waals surface area contributed by atoms with E-state index >= 15 is 0 Å². The molecule has 2 aromatic rings. The molecule has 3 heteroatoms. The van der Waals surface area contributed by atoms with E-state index in [4.69, 9.17) is 9.15 Å². The summed E-state index contributed by atoms with van der Waals surface area (Å²) in [5, 5.41) is 0.803. The molecule has 0 amide bonds.